The third-order valence-corrected chi connectivity index (χ3v) is 4.43. The van der Waals surface area contributed by atoms with E-state index in [1.165, 1.54) is 11.3 Å². The van der Waals surface area contributed by atoms with Gasteiger partial charge in [-0.25, -0.2) is 0 Å². The maximum Gasteiger partial charge on any atom is 0.228 e. The van der Waals surface area contributed by atoms with Crippen LogP contribution >= 0.6 is 0 Å². The zero-order valence-electron chi connectivity index (χ0n) is 13.2. The summed E-state index contributed by atoms with van der Waals surface area (Å²) in [5.74, 6) is 0.155. The molecule has 1 heterocycles. The second-order valence-corrected chi connectivity index (χ2v) is 5.91. The van der Waals surface area contributed by atoms with Crippen molar-refractivity contribution in [1.29, 1.82) is 0 Å². The zero-order valence-corrected chi connectivity index (χ0v) is 13.2. The second-order valence-electron chi connectivity index (χ2n) is 5.91. The van der Waals surface area contributed by atoms with Crippen LogP contribution in [0.3, 0.4) is 0 Å². The summed E-state index contributed by atoms with van der Waals surface area (Å²) < 4.78 is 0. The first kappa shape index (κ1) is 14.6. The van der Waals surface area contributed by atoms with E-state index in [9.17, 15) is 4.79 Å². The Hall–Kier alpha value is -2.29. The maximum absolute atomic E-state index is 12.4. The molecule has 3 nitrogen and oxygen atoms in total. The quantitative estimate of drug-likeness (QED) is 0.862. The van der Waals surface area contributed by atoms with Crippen LogP contribution in [0.15, 0.2) is 54.6 Å². The van der Waals surface area contributed by atoms with Crippen LogP contribution in [0.1, 0.15) is 18.9 Å². The molecule has 0 aromatic heterocycles. The highest BCUT2D eigenvalue weighted by Crippen LogP contribution is 2.31. The highest BCUT2D eigenvalue weighted by atomic mass is 16.2. The summed E-state index contributed by atoms with van der Waals surface area (Å²) in [6, 6.07) is 18.8. The van der Waals surface area contributed by atoms with Crippen LogP contribution in [0.2, 0.25) is 0 Å². The summed E-state index contributed by atoms with van der Waals surface area (Å²) in [7, 11) is 1.85. The van der Waals surface area contributed by atoms with Crippen LogP contribution in [-0.4, -0.2) is 25.5 Å². The van der Waals surface area contributed by atoms with Crippen LogP contribution in [0.5, 0.6) is 0 Å². The zero-order chi connectivity index (χ0) is 15.5. The van der Waals surface area contributed by atoms with Gasteiger partial charge in [0.15, 0.2) is 0 Å². The Morgan fingerprint density at radius 2 is 1.82 bits per heavy atom. The number of nitrogens with zero attached hydrogens (tertiary/aromatic N) is 2. The molecule has 0 fully saturated rings. The first-order valence-electron chi connectivity index (χ1n) is 7.83. The van der Waals surface area contributed by atoms with Gasteiger partial charge in [0.1, 0.15) is 0 Å². The average Bonchev–Trinajstić information content (AvgIpc) is 2.88. The fraction of sp³-hybridized carbons (Fsp3) is 0.316. The Kier molecular flexibility index (Phi) is 4.14. The van der Waals surface area contributed by atoms with Crippen molar-refractivity contribution < 1.29 is 4.79 Å². The minimum atomic E-state index is 0.155. The van der Waals surface area contributed by atoms with Gasteiger partial charge >= 0.3 is 0 Å². The SMILES string of the molecule is CC1Cc2ccccc2N1CCC(=O)N(C)c1ccccc1. The molecule has 3 rings (SSSR count). The number of hydrogen-bond donors (Lipinski definition) is 0. The molecular formula is C19H22N2O. The second kappa shape index (κ2) is 6.22. The van der Waals surface area contributed by atoms with E-state index in [4.69, 9.17) is 0 Å². The lowest BCUT2D eigenvalue weighted by Crippen LogP contribution is -2.35. The van der Waals surface area contributed by atoms with Crippen molar-refractivity contribution in [2.45, 2.75) is 25.8 Å². The van der Waals surface area contributed by atoms with Crippen molar-refractivity contribution in [3.05, 3.63) is 60.2 Å². The number of carbonyl (C=O) groups is 1. The predicted molar refractivity (Wildman–Crippen MR) is 91.4 cm³/mol. The monoisotopic (exact) mass is 294 g/mol. The van der Waals surface area contributed by atoms with Crippen LogP contribution < -0.4 is 9.80 Å². The van der Waals surface area contributed by atoms with Gasteiger partial charge < -0.3 is 9.80 Å². The van der Waals surface area contributed by atoms with E-state index < -0.39 is 0 Å². The molecule has 0 aliphatic carbocycles. The van der Waals surface area contributed by atoms with Crippen molar-refractivity contribution in [3.63, 3.8) is 0 Å². The largest absolute Gasteiger partial charge is 0.368 e. The number of anilines is 2. The molecule has 1 unspecified atom stereocenters. The fourth-order valence-corrected chi connectivity index (χ4v) is 3.15. The molecule has 1 atom stereocenters. The Bertz CT molecular complexity index is 653. The molecular weight excluding hydrogens is 272 g/mol. The van der Waals surface area contributed by atoms with Gasteiger partial charge in [0.2, 0.25) is 5.91 Å². The minimum Gasteiger partial charge on any atom is -0.368 e. The summed E-state index contributed by atoms with van der Waals surface area (Å²) in [5, 5.41) is 0. The minimum absolute atomic E-state index is 0.155. The molecule has 1 aliphatic heterocycles. The number of rotatable bonds is 4. The molecule has 0 N–H and O–H groups in total. The van der Waals surface area contributed by atoms with Gasteiger partial charge in [0, 0.05) is 37.4 Å². The highest BCUT2D eigenvalue weighted by Gasteiger charge is 2.26. The van der Waals surface area contributed by atoms with Crippen molar-refractivity contribution in [2.75, 3.05) is 23.4 Å². The third kappa shape index (κ3) is 2.84. The summed E-state index contributed by atoms with van der Waals surface area (Å²) in [6.07, 6.45) is 1.60. The summed E-state index contributed by atoms with van der Waals surface area (Å²) in [4.78, 5) is 16.5. The number of amides is 1. The Morgan fingerprint density at radius 1 is 1.14 bits per heavy atom. The number of hydrogen-bond acceptors (Lipinski definition) is 2. The van der Waals surface area contributed by atoms with E-state index in [2.05, 4.69) is 36.1 Å². The standard InChI is InChI=1S/C19H22N2O/c1-15-14-16-8-6-7-11-18(16)21(15)13-12-19(22)20(2)17-9-4-3-5-10-17/h3-11,15H,12-14H2,1-2H3. The lowest BCUT2D eigenvalue weighted by atomic mass is 10.1. The van der Waals surface area contributed by atoms with E-state index >= 15 is 0 Å². The van der Waals surface area contributed by atoms with E-state index in [0.29, 0.717) is 12.5 Å². The number of carbonyl (C=O) groups excluding carboxylic acids is 1. The van der Waals surface area contributed by atoms with Gasteiger partial charge in [-0.1, -0.05) is 36.4 Å². The first-order chi connectivity index (χ1) is 10.7. The Labute approximate surface area is 132 Å². The molecule has 114 valence electrons. The fourth-order valence-electron chi connectivity index (χ4n) is 3.15. The van der Waals surface area contributed by atoms with E-state index in [0.717, 1.165) is 18.7 Å². The van der Waals surface area contributed by atoms with Gasteiger partial charge in [0.05, 0.1) is 0 Å². The predicted octanol–water partition coefficient (Wildman–Crippen LogP) is 3.49. The van der Waals surface area contributed by atoms with Gasteiger partial charge in [-0.15, -0.1) is 0 Å². The average molecular weight is 294 g/mol. The number of para-hydroxylation sites is 2. The summed E-state index contributed by atoms with van der Waals surface area (Å²) in [6.45, 7) is 3.00. The van der Waals surface area contributed by atoms with E-state index in [-0.39, 0.29) is 5.91 Å². The Balaban J connectivity index is 1.64. The first-order valence-corrected chi connectivity index (χ1v) is 7.83. The smallest absolute Gasteiger partial charge is 0.228 e. The molecule has 0 bridgehead atoms. The van der Waals surface area contributed by atoms with Crippen LogP contribution in [0, 0.1) is 0 Å². The third-order valence-electron chi connectivity index (χ3n) is 4.43. The van der Waals surface area contributed by atoms with Crippen LogP contribution in [0.4, 0.5) is 11.4 Å². The molecule has 3 heteroatoms. The molecule has 2 aromatic carbocycles. The molecule has 22 heavy (non-hydrogen) atoms. The maximum atomic E-state index is 12.4. The molecule has 2 aromatic rings. The molecule has 0 saturated heterocycles. The van der Waals surface area contributed by atoms with Gasteiger partial charge in [-0.05, 0) is 37.1 Å². The molecule has 1 aliphatic rings. The van der Waals surface area contributed by atoms with E-state index in [1.807, 2.05) is 37.4 Å². The topological polar surface area (TPSA) is 23.6 Å². The van der Waals surface area contributed by atoms with Crippen molar-refractivity contribution in [3.8, 4) is 0 Å². The van der Waals surface area contributed by atoms with Crippen LogP contribution in [0.25, 0.3) is 0 Å². The number of fused-ring (bicyclic) bond motifs is 1. The van der Waals surface area contributed by atoms with Crippen molar-refractivity contribution in [2.24, 2.45) is 0 Å². The van der Waals surface area contributed by atoms with Crippen LogP contribution in [-0.2, 0) is 11.2 Å². The van der Waals surface area contributed by atoms with Gasteiger partial charge in [0.25, 0.3) is 0 Å². The molecule has 0 saturated carbocycles. The van der Waals surface area contributed by atoms with E-state index in [1.54, 1.807) is 4.90 Å². The number of benzene rings is 2. The van der Waals surface area contributed by atoms with Crippen molar-refractivity contribution >= 4 is 17.3 Å². The Morgan fingerprint density at radius 3 is 2.59 bits per heavy atom. The summed E-state index contributed by atoms with van der Waals surface area (Å²) >= 11 is 0. The lowest BCUT2D eigenvalue weighted by molar-refractivity contribution is -0.118. The van der Waals surface area contributed by atoms with Gasteiger partial charge in [-0.3, -0.25) is 4.79 Å². The normalized spacial score (nSPS) is 16.5. The molecule has 0 spiro atoms. The van der Waals surface area contributed by atoms with Crippen molar-refractivity contribution in [1.82, 2.24) is 0 Å². The van der Waals surface area contributed by atoms with Gasteiger partial charge in [-0.2, -0.15) is 0 Å². The summed E-state index contributed by atoms with van der Waals surface area (Å²) in [5.41, 5.74) is 3.62. The molecule has 0 radical (unpaired) electrons. The lowest BCUT2D eigenvalue weighted by Gasteiger charge is -2.26. The molecule has 1 amide bonds. The highest BCUT2D eigenvalue weighted by molar-refractivity contribution is 5.93.